The minimum atomic E-state index is 0.362. The largest absolute Gasteiger partial charge is 0.506 e. The lowest BCUT2D eigenvalue weighted by molar-refractivity contribution is 0.476. The first kappa shape index (κ1) is 9.73. The van der Waals surface area contributed by atoms with Gasteiger partial charge in [0, 0.05) is 24.2 Å². The molecular formula is C13H16N2O. The molecule has 1 aliphatic rings. The lowest BCUT2D eigenvalue weighted by Gasteiger charge is -2.22. The lowest BCUT2D eigenvalue weighted by atomic mass is 10.0. The maximum absolute atomic E-state index is 9.95. The van der Waals surface area contributed by atoms with E-state index in [0.717, 1.165) is 18.5 Å². The van der Waals surface area contributed by atoms with E-state index in [-0.39, 0.29) is 0 Å². The summed E-state index contributed by atoms with van der Waals surface area (Å²) in [5.41, 5.74) is 3.66. The standard InChI is InChI=1S/C13H16N2O/c1-8-12-10(6-7-14-8)9-4-3-5-11(16)13(9)15(12)2/h3-5,8,14,16H,6-7H2,1-2H3. The van der Waals surface area contributed by atoms with E-state index in [4.69, 9.17) is 0 Å². The number of hydrogen-bond acceptors (Lipinski definition) is 2. The zero-order valence-corrected chi connectivity index (χ0v) is 9.62. The summed E-state index contributed by atoms with van der Waals surface area (Å²) in [6, 6.07) is 6.14. The molecule has 1 atom stereocenters. The highest BCUT2D eigenvalue weighted by atomic mass is 16.3. The van der Waals surface area contributed by atoms with Gasteiger partial charge < -0.3 is 15.0 Å². The van der Waals surface area contributed by atoms with Crippen LogP contribution in [-0.2, 0) is 13.5 Å². The molecule has 0 radical (unpaired) electrons. The maximum Gasteiger partial charge on any atom is 0.139 e. The maximum atomic E-state index is 9.95. The van der Waals surface area contributed by atoms with Gasteiger partial charge in [-0.05, 0) is 31.5 Å². The highest BCUT2D eigenvalue weighted by molar-refractivity contribution is 5.90. The van der Waals surface area contributed by atoms with Crippen LogP contribution in [0.1, 0.15) is 24.2 Å². The summed E-state index contributed by atoms with van der Waals surface area (Å²) >= 11 is 0. The molecule has 0 bridgehead atoms. The molecule has 1 aromatic carbocycles. The first-order valence-corrected chi connectivity index (χ1v) is 5.72. The number of nitrogens with zero attached hydrogens (tertiary/aromatic N) is 1. The van der Waals surface area contributed by atoms with Crippen LogP contribution >= 0.6 is 0 Å². The molecule has 3 nitrogen and oxygen atoms in total. The van der Waals surface area contributed by atoms with Gasteiger partial charge >= 0.3 is 0 Å². The van der Waals surface area contributed by atoms with Crippen LogP contribution < -0.4 is 5.32 Å². The summed E-state index contributed by atoms with van der Waals surface area (Å²) in [5.74, 6) is 0.376. The van der Waals surface area contributed by atoms with Crippen LogP contribution in [0, 0.1) is 0 Å². The molecule has 0 fully saturated rings. The number of hydrogen-bond donors (Lipinski definition) is 2. The van der Waals surface area contributed by atoms with Crippen LogP contribution in [0.5, 0.6) is 5.75 Å². The SMILES string of the molecule is CC1NCCc2c1n(C)c1c(O)cccc21. The second-order valence-corrected chi connectivity index (χ2v) is 4.52. The number of phenolic OH excluding ortho intramolecular Hbond substituents is 1. The van der Waals surface area contributed by atoms with E-state index in [0.29, 0.717) is 11.8 Å². The molecule has 3 rings (SSSR count). The fourth-order valence-corrected chi connectivity index (χ4v) is 2.91. The molecule has 0 aliphatic carbocycles. The van der Waals surface area contributed by atoms with Gasteiger partial charge in [0.25, 0.3) is 0 Å². The number of para-hydroxylation sites is 1. The van der Waals surface area contributed by atoms with Gasteiger partial charge in [-0.25, -0.2) is 0 Å². The number of aryl methyl sites for hydroxylation is 1. The molecule has 0 spiro atoms. The van der Waals surface area contributed by atoms with Crippen LogP contribution in [0.25, 0.3) is 10.9 Å². The average molecular weight is 216 g/mol. The lowest BCUT2D eigenvalue weighted by Crippen LogP contribution is -2.28. The van der Waals surface area contributed by atoms with Gasteiger partial charge in [0.05, 0.1) is 5.52 Å². The third kappa shape index (κ3) is 1.12. The summed E-state index contributed by atoms with van der Waals surface area (Å²) in [5, 5.41) is 14.6. The van der Waals surface area contributed by atoms with Crippen LogP contribution in [0.4, 0.5) is 0 Å². The second kappa shape index (κ2) is 3.25. The smallest absolute Gasteiger partial charge is 0.139 e. The van der Waals surface area contributed by atoms with Crippen LogP contribution in [0.15, 0.2) is 18.2 Å². The average Bonchev–Trinajstić information content (AvgIpc) is 2.56. The Kier molecular flexibility index (Phi) is 1.98. The van der Waals surface area contributed by atoms with Crippen molar-refractivity contribution < 1.29 is 5.11 Å². The Morgan fingerprint density at radius 2 is 2.25 bits per heavy atom. The van der Waals surface area contributed by atoms with Crippen molar-refractivity contribution in [1.82, 2.24) is 9.88 Å². The van der Waals surface area contributed by atoms with Crippen LogP contribution in [0.2, 0.25) is 0 Å². The van der Waals surface area contributed by atoms with Crippen molar-refractivity contribution in [2.45, 2.75) is 19.4 Å². The molecule has 1 aromatic heterocycles. The predicted octanol–water partition coefficient (Wildman–Crippen LogP) is 2.09. The molecule has 1 aliphatic heterocycles. The van der Waals surface area contributed by atoms with E-state index in [1.54, 1.807) is 6.07 Å². The van der Waals surface area contributed by atoms with E-state index < -0.39 is 0 Å². The number of nitrogens with one attached hydrogen (secondary N) is 1. The molecule has 2 N–H and O–H groups in total. The third-order valence-corrected chi connectivity index (χ3v) is 3.58. The van der Waals surface area contributed by atoms with Crippen molar-refractivity contribution in [2.24, 2.45) is 7.05 Å². The number of aromatic hydroxyl groups is 1. The Balaban J connectivity index is 2.43. The summed E-state index contributed by atoms with van der Waals surface area (Å²) in [6.45, 7) is 3.19. The highest BCUT2D eigenvalue weighted by Crippen LogP contribution is 2.35. The molecule has 0 amide bonds. The second-order valence-electron chi connectivity index (χ2n) is 4.52. The van der Waals surface area contributed by atoms with Crippen LogP contribution in [-0.4, -0.2) is 16.2 Å². The Labute approximate surface area is 94.7 Å². The molecule has 3 heteroatoms. The Bertz CT molecular complexity index is 557. The Morgan fingerprint density at radius 3 is 3.06 bits per heavy atom. The normalized spacial score (nSPS) is 20.0. The van der Waals surface area contributed by atoms with Gasteiger partial charge in [0.2, 0.25) is 0 Å². The monoisotopic (exact) mass is 216 g/mol. The number of rotatable bonds is 0. The summed E-state index contributed by atoms with van der Waals surface area (Å²) in [4.78, 5) is 0. The fourth-order valence-electron chi connectivity index (χ4n) is 2.91. The quantitative estimate of drug-likeness (QED) is 0.707. The van der Waals surface area contributed by atoms with Gasteiger partial charge in [0.1, 0.15) is 5.75 Å². The molecule has 16 heavy (non-hydrogen) atoms. The van der Waals surface area contributed by atoms with E-state index in [9.17, 15) is 5.11 Å². The number of aromatic nitrogens is 1. The van der Waals surface area contributed by atoms with E-state index in [2.05, 4.69) is 22.9 Å². The fraction of sp³-hybridized carbons (Fsp3) is 0.385. The van der Waals surface area contributed by atoms with Gasteiger partial charge in [-0.15, -0.1) is 0 Å². The van der Waals surface area contributed by atoms with Crippen LogP contribution in [0.3, 0.4) is 0 Å². The van der Waals surface area contributed by atoms with E-state index in [1.165, 1.54) is 16.6 Å². The molecule has 1 unspecified atom stereocenters. The molecule has 2 aromatic rings. The van der Waals surface area contributed by atoms with Crippen molar-refractivity contribution in [1.29, 1.82) is 0 Å². The number of benzene rings is 1. The first-order chi connectivity index (χ1) is 7.70. The van der Waals surface area contributed by atoms with Gasteiger partial charge in [-0.2, -0.15) is 0 Å². The third-order valence-electron chi connectivity index (χ3n) is 3.58. The highest BCUT2D eigenvalue weighted by Gasteiger charge is 2.23. The molecule has 84 valence electrons. The van der Waals surface area contributed by atoms with Gasteiger partial charge in [-0.3, -0.25) is 0 Å². The number of phenols is 1. The molecule has 2 heterocycles. The predicted molar refractivity (Wildman–Crippen MR) is 64.7 cm³/mol. The zero-order chi connectivity index (χ0) is 11.3. The van der Waals surface area contributed by atoms with Crippen molar-refractivity contribution in [3.8, 4) is 5.75 Å². The minimum absolute atomic E-state index is 0.362. The van der Waals surface area contributed by atoms with E-state index in [1.807, 2.05) is 13.1 Å². The Morgan fingerprint density at radius 1 is 1.44 bits per heavy atom. The minimum Gasteiger partial charge on any atom is -0.506 e. The van der Waals surface area contributed by atoms with Crippen molar-refractivity contribution >= 4 is 10.9 Å². The number of fused-ring (bicyclic) bond motifs is 3. The first-order valence-electron chi connectivity index (χ1n) is 5.72. The van der Waals surface area contributed by atoms with E-state index >= 15 is 0 Å². The summed E-state index contributed by atoms with van der Waals surface area (Å²) in [7, 11) is 2.03. The zero-order valence-electron chi connectivity index (χ0n) is 9.62. The summed E-state index contributed by atoms with van der Waals surface area (Å²) in [6.07, 6.45) is 1.04. The topological polar surface area (TPSA) is 37.2 Å². The summed E-state index contributed by atoms with van der Waals surface area (Å²) < 4.78 is 2.12. The van der Waals surface area contributed by atoms with Crippen molar-refractivity contribution in [3.05, 3.63) is 29.5 Å². The van der Waals surface area contributed by atoms with Crippen molar-refractivity contribution in [3.63, 3.8) is 0 Å². The molecule has 0 saturated heterocycles. The molecule has 0 saturated carbocycles. The van der Waals surface area contributed by atoms with Crippen molar-refractivity contribution in [2.75, 3.05) is 6.54 Å². The van der Waals surface area contributed by atoms with Gasteiger partial charge in [-0.1, -0.05) is 12.1 Å². The van der Waals surface area contributed by atoms with Gasteiger partial charge in [0.15, 0.2) is 0 Å². The Hall–Kier alpha value is -1.48. The molecular weight excluding hydrogens is 200 g/mol.